The molecular formula is C16H13F4N5O2S. The van der Waals surface area contributed by atoms with Crippen molar-refractivity contribution in [2.45, 2.75) is 24.9 Å². The molecule has 3 aromatic rings. The van der Waals surface area contributed by atoms with Gasteiger partial charge in [-0.25, -0.2) is 12.8 Å². The summed E-state index contributed by atoms with van der Waals surface area (Å²) in [4.78, 5) is -0.720. The van der Waals surface area contributed by atoms with Crippen LogP contribution in [-0.2, 0) is 16.2 Å². The van der Waals surface area contributed by atoms with Crippen molar-refractivity contribution in [3.05, 3.63) is 59.2 Å². The highest BCUT2D eigenvalue weighted by atomic mass is 32.2. The summed E-state index contributed by atoms with van der Waals surface area (Å²) < 4.78 is 80.5. The maximum Gasteiger partial charge on any atom is 0.419 e. The third-order valence-electron chi connectivity index (χ3n) is 3.87. The van der Waals surface area contributed by atoms with E-state index >= 15 is 0 Å². The van der Waals surface area contributed by atoms with Crippen molar-refractivity contribution in [2.24, 2.45) is 0 Å². The molecule has 0 amide bonds. The molecule has 148 valence electrons. The Morgan fingerprint density at radius 2 is 1.79 bits per heavy atom. The van der Waals surface area contributed by atoms with Crippen molar-refractivity contribution in [1.82, 2.24) is 20.2 Å². The zero-order chi connectivity index (χ0) is 20.7. The molecule has 0 fully saturated rings. The molecule has 2 aromatic carbocycles. The van der Waals surface area contributed by atoms with E-state index in [1.807, 2.05) is 0 Å². The van der Waals surface area contributed by atoms with Crippen LogP contribution in [0.1, 0.15) is 17.0 Å². The summed E-state index contributed by atoms with van der Waals surface area (Å²) in [7, 11) is -4.40. The van der Waals surface area contributed by atoms with E-state index in [-0.39, 0.29) is 11.8 Å². The first-order valence-electron chi connectivity index (χ1n) is 7.74. The predicted octanol–water partition coefficient (Wildman–Crippen LogP) is 3.24. The van der Waals surface area contributed by atoms with E-state index in [2.05, 4.69) is 20.2 Å². The Kier molecular flexibility index (Phi) is 4.83. The highest BCUT2D eigenvalue weighted by molar-refractivity contribution is 7.92. The number of hydrogen-bond donors (Lipinski definition) is 1. The molecule has 1 aromatic heterocycles. The monoisotopic (exact) mass is 415 g/mol. The second-order valence-corrected chi connectivity index (χ2v) is 7.57. The predicted molar refractivity (Wildman–Crippen MR) is 90.8 cm³/mol. The fraction of sp³-hybridized carbons (Fsp3) is 0.188. The fourth-order valence-corrected chi connectivity index (χ4v) is 3.53. The molecule has 0 atom stereocenters. The van der Waals surface area contributed by atoms with E-state index < -0.39 is 32.5 Å². The Labute approximate surface area is 157 Å². The van der Waals surface area contributed by atoms with Gasteiger partial charge in [-0.2, -0.15) is 17.9 Å². The van der Waals surface area contributed by atoms with Crippen LogP contribution in [0.5, 0.6) is 0 Å². The van der Waals surface area contributed by atoms with E-state index in [1.54, 1.807) is 19.9 Å². The molecule has 0 saturated heterocycles. The maximum absolute atomic E-state index is 13.4. The molecule has 0 aliphatic carbocycles. The average Bonchev–Trinajstić information content (AvgIpc) is 3.01. The van der Waals surface area contributed by atoms with Crippen molar-refractivity contribution in [2.75, 3.05) is 4.72 Å². The van der Waals surface area contributed by atoms with E-state index in [4.69, 9.17) is 0 Å². The normalized spacial score (nSPS) is 12.2. The summed E-state index contributed by atoms with van der Waals surface area (Å²) in [6.07, 6.45) is -5.02. The minimum absolute atomic E-state index is 0.0772. The van der Waals surface area contributed by atoms with Crippen LogP contribution < -0.4 is 4.72 Å². The molecular weight excluding hydrogens is 402 g/mol. The number of aromatic nitrogens is 4. The van der Waals surface area contributed by atoms with Gasteiger partial charge in [-0.15, -0.1) is 5.10 Å². The first kappa shape index (κ1) is 19.7. The highest BCUT2D eigenvalue weighted by Crippen LogP contribution is 2.33. The Balaban J connectivity index is 1.99. The molecule has 3 rings (SSSR count). The number of tetrazole rings is 1. The van der Waals surface area contributed by atoms with Crippen molar-refractivity contribution in [3.63, 3.8) is 0 Å². The van der Waals surface area contributed by atoms with Gasteiger partial charge in [0.25, 0.3) is 10.0 Å². The first-order valence-corrected chi connectivity index (χ1v) is 9.23. The smallest absolute Gasteiger partial charge is 0.280 e. The Morgan fingerprint density at radius 3 is 2.39 bits per heavy atom. The van der Waals surface area contributed by atoms with Gasteiger partial charge in [0, 0.05) is 0 Å². The topological polar surface area (TPSA) is 89.8 Å². The van der Waals surface area contributed by atoms with Crippen LogP contribution >= 0.6 is 0 Å². The number of nitrogens with one attached hydrogen (secondary N) is 1. The largest absolute Gasteiger partial charge is 0.419 e. The molecule has 0 bridgehead atoms. The van der Waals surface area contributed by atoms with Gasteiger partial charge in [-0.05, 0) is 60.2 Å². The highest BCUT2D eigenvalue weighted by Gasteiger charge is 2.35. The number of anilines is 1. The minimum Gasteiger partial charge on any atom is -0.280 e. The first-order chi connectivity index (χ1) is 13.0. The second-order valence-electron chi connectivity index (χ2n) is 5.88. The van der Waals surface area contributed by atoms with Crippen LogP contribution in [0.3, 0.4) is 0 Å². The van der Waals surface area contributed by atoms with Crippen LogP contribution in [-0.4, -0.2) is 28.6 Å². The summed E-state index contributed by atoms with van der Waals surface area (Å²) in [5.74, 6) is -1.10. The van der Waals surface area contributed by atoms with Crippen molar-refractivity contribution in [1.29, 1.82) is 0 Å². The second kappa shape index (κ2) is 6.86. The lowest BCUT2D eigenvalue weighted by molar-refractivity contribution is -0.140. The van der Waals surface area contributed by atoms with Gasteiger partial charge in [-0.3, -0.25) is 4.72 Å². The maximum atomic E-state index is 13.4. The molecule has 7 nitrogen and oxygen atoms in total. The van der Waals surface area contributed by atoms with Gasteiger partial charge < -0.3 is 0 Å². The van der Waals surface area contributed by atoms with Crippen molar-refractivity contribution < 1.29 is 26.0 Å². The van der Waals surface area contributed by atoms with E-state index in [0.717, 1.165) is 11.6 Å². The van der Waals surface area contributed by atoms with Gasteiger partial charge in [0.15, 0.2) is 5.82 Å². The lowest BCUT2D eigenvalue weighted by Crippen LogP contribution is -2.16. The van der Waals surface area contributed by atoms with E-state index in [0.29, 0.717) is 17.6 Å². The van der Waals surface area contributed by atoms with Gasteiger partial charge >= 0.3 is 6.18 Å². The lowest BCUT2D eigenvalue weighted by Gasteiger charge is -2.13. The summed E-state index contributed by atoms with van der Waals surface area (Å²) in [6, 6.07) is 5.93. The Morgan fingerprint density at radius 1 is 1.07 bits per heavy atom. The summed E-state index contributed by atoms with van der Waals surface area (Å²) in [5, 5.41) is 11.1. The number of nitrogens with zero attached hydrogens (tertiary/aromatic N) is 4. The van der Waals surface area contributed by atoms with Crippen molar-refractivity contribution in [3.8, 4) is 5.69 Å². The number of halogens is 4. The van der Waals surface area contributed by atoms with Gasteiger partial charge in [-0.1, -0.05) is 6.07 Å². The van der Waals surface area contributed by atoms with Crippen LogP contribution in [0.4, 0.5) is 23.2 Å². The molecule has 0 radical (unpaired) electrons. The molecule has 0 saturated carbocycles. The summed E-state index contributed by atoms with van der Waals surface area (Å²) >= 11 is 0. The molecule has 0 aliphatic heterocycles. The summed E-state index contributed by atoms with van der Waals surface area (Å²) in [5.41, 5.74) is -0.366. The quantitative estimate of drug-likeness (QED) is 0.661. The third kappa shape index (κ3) is 3.81. The third-order valence-corrected chi connectivity index (χ3v) is 5.25. The number of alkyl halides is 3. The van der Waals surface area contributed by atoms with Gasteiger partial charge in [0.1, 0.15) is 5.82 Å². The Hall–Kier alpha value is -3.02. The summed E-state index contributed by atoms with van der Waals surface area (Å²) in [6.45, 7) is 3.40. The molecule has 28 heavy (non-hydrogen) atoms. The van der Waals surface area contributed by atoms with Crippen molar-refractivity contribution >= 4 is 15.7 Å². The van der Waals surface area contributed by atoms with E-state index in [1.165, 1.54) is 16.8 Å². The molecule has 0 spiro atoms. The Bertz CT molecular complexity index is 1140. The average molecular weight is 415 g/mol. The number of benzene rings is 2. The van der Waals surface area contributed by atoms with Crippen LogP contribution in [0.2, 0.25) is 0 Å². The van der Waals surface area contributed by atoms with Crippen LogP contribution in [0.25, 0.3) is 5.69 Å². The van der Waals surface area contributed by atoms with E-state index in [9.17, 15) is 26.0 Å². The molecule has 12 heteroatoms. The SMILES string of the molecule is Cc1ccc(NS(=O)(=O)c2ccc(F)c(C(F)(F)F)c2)cc1-n1nnnc1C. The molecule has 0 unspecified atom stereocenters. The standard InChI is InChI=1S/C16H13F4N5O2S/c1-9-3-4-11(7-15(9)25-10(2)21-23-24-25)22-28(26,27)12-5-6-14(17)13(8-12)16(18,19)20/h3-8,22H,1-2H3. The lowest BCUT2D eigenvalue weighted by atomic mass is 10.2. The van der Waals surface area contributed by atoms with Crippen LogP contribution in [0.15, 0.2) is 41.3 Å². The fourth-order valence-electron chi connectivity index (χ4n) is 2.46. The number of rotatable bonds is 4. The molecule has 1 N–H and O–H groups in total. The molecule has 0 aliphatic rings. The van der Waals surface area contributed by atoms with Gasteiger partial charge in [0.05, 0.1) is 21.8 Å². The molecule has 1 heterocycles. The zero-order valence-corrected chi connectivity index (χ0v) is 15.3. The number of aryl methyl sites for hydroxylation is 2. The number of sulfonamides is 1. The van der Waals surface area contributed by atoms with Crippen LogP contribution in [0, 0.1) is 19.7 Å². The zero-order valence-electron chi connectivity index (χ0n) is 14.5. The van der Waals surface area contributed by atoms with Gasteiger partial charge in [0.2, 0.25) is 0 Å². The minimum atomic E-state index is -5.02. The number of hydrogen-bond acceptors (Lipinski definition) is 5.